The van der Waals surface area contributed by atoms with Crippen LogP contribution in [0, 0.1) is 5.41 Å². The van der Waals surface area contributed by atoms with Crippen LogP contribution in [0.3, 0.4) is 0 Å². The molecule has 0 atom stereocenters. The van der Waals surface area contributed by atoms with Crippen LogP contribution in [0.2, 0.25) is 0 Å². The molecule has 14 heavy (non-hydrogen) atoms. The zero-order valence-electron chi connectivity index (χ0n) is 9.44. The van der Waals surface area contributed by atoms with Crippen LogP contribution in [-0.2, 0) is 9.59 Å². The zero-order valence-corrected chi connectivity index (χ0v) is 9.44. The molecule has 0 unspecified atom stereocenters. The van der Waals surface area contributed by atoms with Gasteiger partial charge in [-0.25, -0.2) is 0 Å². The first-order chi connectivity index (χ1) is 6.44. The quantitative estimate of drug-likeness (QED) is 0.685. The molecule has 0 radical (unpaired) electrons. The van der Waals surface area contributed by atoms with Crippen molar-refractivity contribution in [1.29, 1.82) is 0 Å². The van der Waals surface area contributed by atoms with Crippen molar-refractivity contribution in [2.75, 3.05) is 13.6 Å². The molecule has 0 heterocycles. The molecule has 4 heteroatoms. The van der Waals surface area contributed by atoms with Gasteiger partial charge < -0.3 is 10.6 Å². The molecule has 0 spiro atoms. The van der Waals surface area contributed by atoms with Crippen molar-refractivity contribution in [1.82, 2.24) is 10.6 Å². The van der Waals surface area contributed by atoms with Crippen LogP contribution in [0.15, 0.2) is 0 Å². The van der Waals surface area contributed by atoms with Crippen molar-refractivity contribution >= 4 is 11.8 Å². The first-order valence-corrected chi connectivity index (χ1v) is 4.93. The van der Waals surface area contributed by atoms with E-state index in [1.807, 2.05) is 20.8 Å². The Hall–Kier alpha value is -1.06. The predicted molar refractivity (Wildman–Crippen MR) is 55.8 cm³/mol. The Morgan fingerprint density at radius 3 is 2.29 bits per heavy atom. The minimum absolute atomic E-state index is 0.00361. The lowest BCUT2D eigenvalue weighted by atomic mass is 9.89. The highest BCUT2D eigenvalue weighted by Crippen LogP contribution is 2.19. The van der Waals surface area contributed by atoms with Crippen LogP contribution in [0.25, 0.3) is 0 Å². The van der Waals surface area contributed by atoms with E-state index in [2.05, 4.69) is 10.6 Å². The van der Waals surface area contributed by atoms with E-state index in [9.17, 15) is 9.59 Å². The molecule has 2 N–H and O–H groups in total. The van der Waals surface area contributed by atoms with Crippen LogP contribution >= 0.6 is 0 Å². The van der Waals surface area contributed by atoms with Gasteiger partial charge in [-0.15, -0.1) is 0 Å². The Bertz CT molecular complexity index is 212. The molecule has 0 aromatic carbocycles. The summed E-state index contributed by atoms with van der Waals surface area (Å²) < 4.78 is 0. The summed E-state index contributed by atoms with van der Waals surface area (Å²) in [5.74, 6) is -0.0523. The van der Waals surface area contributed by atoms with E-state index in [0.29, 0.717) is 13.0 Å². The number of carbonyl (C=O) groups is 2. The normalized spacial score (nSPS) is 10.9. The van der Waals surface area contributed by atoms with Crippen LogP contribution in [0.5, 0.6) is 0 Å². The van der Waals surface area contributed by atoms with Gasteiger partial charge in [-0.05, 0) is 6.42 Å². The fraction of sp³-hybridized carbons (Fsp3) is 0.800. The summed E-state index contributed by atoms with van der Waals surface area (Å²) in [5, 5.41) is 5.24. The minimum Gasteiger partial charge on any atom is -0.359 e. The number of carbonyl (C=O) groups excluding carboxylic acids is 2. The van der Waals surface area contributed by atoms with Gasteiger partial charge in [-0.1, -0.05) is 20.8 Å². The monoisotopic (exact) mass is 200 g/mol. The molecule has 2 amide bonds. The third kappa shape index (κ3) is 4.25. The second-order valence-corrected chi connectivity index (χ2v) is 3.92. The van der Waals surface area contributed by atoms with E-state index >= 15 is 0 Å². The van der Waals surface area contributed by atoms with Crippen molar-refractivity contribution in [3.05, 3.63) is 0 Å². The first-order valence-electron chi connectivity index (χ1n) is 4.93. The molecule has 0 aliphatic heterocycles. The molecule has 82 valence electrons. The maximum absolute atomic E-state index is 11.5. The molecule has 4 nitrogen and oxygen atoms in total. The summed E-state index contributed by atoms with van der Waals surface area (Å²) in [4.78, 5) is 22.4. The maximum atomic E-state index is 11.5. The Kier molecular flexibility index (Phi) is 5.20. The van der Waals surface area contributed by atoms with Gasteiger partial charge in [0.1, 0.15) is 0 Å². The van der Waals surface area contributed by atoms with Crippen molar-refractivity contribution in [3.63, 3.8) is 0 Å². The van der Waals surface area contributed by atoms with Crippen LogP contribution < -0.4 is 10.6 Å². The van der Waals surface area contributed by atoms with E-state index in [1.165, 1.54) is 0 Å². The molecular formula is C10H20N2O2. The van der Waals surface area contributed by atoms with Crippen molar-refractivity contribution in [3.8, 4) is 0 Å². The molecule has 0 aliphatic carbocycles. The van der Waals surface area contributed by atoms with Gasteiger partial charge in [-0.3, -0.25) is 9.59 Å². The summed E-state index contributed by atoms with van der Waals surface area (Å²) in [6.07, 6.45) is 1.13. The fourth-order valence-electron chi connectivity index (χ4n) is 0.814. The number of amides is 2. The molecule has 0 aromatic heterocycles. The summed E-state index contributed by atoms with van der Waals surface area (Å²) in [5.41, 5.74) is -0.345. The van der Waals surface area contributed by atoms with Crippen LogP contribution in [0.4, 0.5) is 0 Å². The van der Waals surface area contributed by atoms with Gasteiger partial charge in [0.2, 0.25) is 11.8 Å². The maximum Gasteiger partial charge on any atom is 0.225 e. The predicted octanol–water partition coefficient (Wildman–Crippen LogP) is 0.675. The highest BCUT2D eigenvalue weighted by Gasteiger charge is 2.24. The molecule has 0 bridgehead atoms. The number of rotatable bonds is 5. The third-order valence-corrected chi connectivity index (χ3v) is 2.42. The molecule has 0 aliphatic rings. The molecular weight excluding hydrogens is 180 g/mol. The van der Waals surface area contributed by atoms with Gasteiger partial charge >= 0.3 is 0 Å². The smallest absolute Gasteiger partial charge is 0.225 e. The van der Waals surface area contributed by atoms with Crippen LogP contribution in [-0.4, -0.2) is 25.4 Å². The SMILES string of the molecule is CCC(C)(C)C(=O)NCCC(=O)NC. The summed E-state index contributed by atoms with van der Waals surface area (Å²) in [6.45, 7) is 6.16. The van der Waals surface area contributed by atoms with E-state index in [0.717, 1.165) is 6.42 Å². The zero-order chi connectivity index (χ0) is 11.2. The summed E-state index contributed by atoms with van der Waals surface area (Å²) in [7, 11) is 1.58. The lowest BCUT2D eigenvalue weighted by Crippen LogP contribution is -2.38. The summed E-state index contributed by atoms with van der Waals surface area (Å²) in [6, 6.07) is 0. The largest absolute Gasteiger partial charge is 0.359 e. The lowest BCUT2D eigenvalue weighted by molar-refractivity contribution is -0.129. The fourth-order valence-corrected chi connectivity index (χ4v) is 0.814. The molecule has 0 saturated heterocycles. The lowest BCUT2D eigenvalue weighted by Gasteiger charge is -2.21. The number of hydrogen-bond acceptors (Lipinski definition) is 2. The standard InChI is InChI=1S/C10H20N2O2/c1-5-10(2,3)9(14)12-7-6-8(13)11-4/h5-7H2,1-4H3,(H,11,13)(H,12,14). The second kappa shape index (κ2) is 5.62. The molecule has 0 rings (SSSR count). The third-order valence-electron chi connectivity index (χ3n) is 2.42. The average Bonchev–Trinajstić information content (AvgIpc) is 2.17. The van der Waals surface area contributed by atoms with E-state index < -0.39 is 0 Å². The van der Waals surface area contributed by atoms with Crippen molar-refractivity contribution in [2.45, 2.75) is 33.6 Å². The van der Waals surface area contributed by atoms with E-state index in [1.54, 1.807) is 7.05 Å². The van der Waals surface area contributed by atoms with E-state index in [4.69, 9.17) is 0 Å². The van der Waals surface area contributed by atoms with Gasteiger partial charge in [0.15, 0.2) is 0 Å². The van der Waals surface area contributed by atoms with Gasteiger partial charge in [0, 0.05) is 25.4 Å². The molecule has 0 aromatic rings. The molecule has 0 fully saturated rings. The van der Waals surface area contributed by atoms with E-state index in [-0.39, 0.29) is 17.2 Å². The Balaban J connectivity index is 3.80. The van der Waals surface area contributed by atoms with Gasteiger partial charge in [0.05, 0.1) is 0 Å². The van der Waals surface area contributed by atoms with Crippen molar-refractivity contribution < 1.29 is 9.59 Å². The van der Waals surface area contributed by atoms with Crippen molar-refractivity contribution in [2.24, 2.45) is 5.41 Å². The molecule has 0 saturated carbocycles. The Morgan fingerprint density at radius 2 is 1.86 bits per heavy atom. The average molecular weight is 200 g/mol. The van der Waals surface area contributed by atoms with Crippen LogP contribution in [0.1, 0.15) is 33.6 Å². The highest BCUT2D eigenvalue weighted by molar-refractivity contribution is 5.82. The van der Waals surface area contributed by atoms with Gasteiger partial charge in [0.25, 0.3) is 0 Å². The van der Waals surface area contributed by atoms with Gasteiger partial charge in [-0.2, -0.15) is 0 Å². The number of hydrogen-bond donors (Lipinski definition) is 2. The number of nitrogens with one attached hydrogen (secondary N) is 2. The Labute approximate surface area is 85.4 Å². The summed E-state index contributed by atoms with van der Waals surface area (Å²) >= 11 is 0. The second-order valence-electron chi connectivity index (χ2n) is 3.92. The minimum atomic E-state index is -0.345. The topological polar surface area (TPSA) is 58.2 Å². The Morgan fingerprint density at radius 1 is 1.29 bits per heavy atom. The first kappa shape index (κ1) is 12.9. The highest BCUT2D eigenvalue weighted by atomic mass is 16.2.